The van der Waals surface area contributed by atoms with Crippen molar-refractivity contribution in [3.8, 4) is 0 Å². The number of rotatable bonds is 5. The van der Waals surface area contributed by atoms with Crippen molar-refractivity contribution in [2.45, 2.75) is 43.9 Å². The Kier molecular flexibility index (Phi) is 6.02. The molecule has 2 saturated heterocycles. The molecule has 0 bridgehead atoms. The lowest BCUT2D eigenvalue weighted by atomic mass is 9.84. The van der Waals surface area contributed by atoms with Crippen molar-refractivity contribution >= 4 is 0 Å². The van der Waals surface area contributed by atoms with Crippen molar-refractivity contribution in [1.29, 1.82) is 0 Å². The van der Waals surface area contributed by atoms with Crippen LogP contribution < -0.4 is 5.32 Å². The number of likely N-dealkylation sites (tertiary alicyclic amines) is 1. The van der Waals surface area contributed by atoms with Crippen LogP contribution in [0.15, 0.2) is 24.3 Å². The molecule has 2 aliphatic heterocycles. The summed E-state index contributed by atoms with van der Waals surface area (Å²) >= 11 is 0. The normalized spacial score (nSPS) is 22.0. The van der Waals surface area contributed by atoms with Crippen LogP contribution in [0.4, 0.5) is 13.2 Å². The van der Waals surface area contributed by atoms with Gasteiger partial charge < -0.3 is 15.0 Å². The molecule has 2 heterocycles. The maximum absolute atomic E-state index is 13.1. The second kappa shape index (κ2) is 8.06. The molecule has 0 atom stereocenters. The van der Waals surface area contributed by atoms with Gasteiger partial charge >= 0.3 is 6.18 Å². The summed E-state index contributed by atoms with van der Waals surface area (Å²) in [5.41, 5.74) is -0.549. The number of benzene rings is 1. The molecular formula is C19H27F3N2O. The third kappa shape index (κ3) is 4.74. The van der Waals surface area contributed by atoms with Gasteiger partial charge in [-0.15, -0.1) is 0 Å². The molecule has 0 radical (unpaired) electrons. The van der Waals surface area contributed by atoms with Crippen LogP contribution in [0.5, 0.6) is 0 Å². The van der Waals surface area contributed by atoms with Crippen LogP contribution >= 0.6 is 0 Å². The molecule has 0 spiro atoms. The zero-order valence-electron chi connectivity index (χ0n) is 14.6. The summed E-state index contributed by atoms with van der Waals surface area (Å²) in [7, 11) is 0. The Morgan fingerprint density at radius 2 is 1.80 bits per heavy atom. The molecule has 3 nitrogen and oxygen atoms in total. The van der Waals surface area contributed by atoms with Gasteiger partial charge in [0.1, 0.15) is 0 Å². The summed E-state index contributed by atoms with van der Waals surface area (Å²) in [4.78, 5) is 2.39. The predicted octanol–water partition coefficient (Wildman–Crippen LogP) is 3.79. The summed E-state index contributed by atoms with van der Waals surface area (Å²) in [5.74, 6) is 0. The second-order valence-corrected chi connectivity index (χ2v) is 7.07. The first-order valence-electron chi connectivity index (χ1n) is 9.24. The van der Waals surface area contributed by atoms with E-state index in [2.05, 4.69) is 10.2 Å². The van der Waals surface area contributed by atoms with E-state index in [4.69, 9.17) is 4.74 Å². The van der Waals surface area contributed by atoms with Gasteiger partial charge in [0, 0.05) is 6.54 Å². The Morgan fingerprint density at radius 1 is 1.08 bits per heavy atom. The molecule has 0 aromatic heterocycles. The first-order valence-corrected chi connectivity index (χ1v) is 9.24. The number of ether oxygens (including phenoxy) is 1. The lowest BCUT2D eigenvalue weighted by molar-refractivity contribution is -0.138. The molecule has 0 amide bonds. The maximum atomic E-state index is 13.1. The highest BCUT2D eigenvalue weighted by Gasteiger charge is 2.37. The van der Waals surface area contributed by atoms with Crippen LogP contribution in [0.3, 0.4) is 0 Å². The van der Waals surface area contributed by atoms with E-state index in [0.717, 1.165) is 38.8 Å². The highest BCUT2D eigenvalue weighted by Crippen LogP contribution is 2.38. The molecule has 2 aliphatic rings. The molecule has 1 N–H and O–H groups in total. The molecular weight excluding hydrogens is 329 g/mol. The van der Waals surface area contributed by atoms with Crippen LogP contribution in [0.2, 0.25) is 0 Å². The number of alkyl halides is 3. The van der Waals surface area contributed by atoms with E-state index in [9.17, 15) is 13.2 Å². The maximum Gasteiger partial charge on any atom is 0.416 e. The fraction of sp³-hybridized carbons (Fsp3) is 0.684. The highest BCUT2D eigenvalue weighted by molar-refractivity contribution is 5.30. The van der Waals surface area contributed by atoms with Crippen molar-refractivity contribution in [3.05, 3.63) is 35.4 Å². The fourth-order valence-corrected chi connectivity index (χ4v) is 3.88. The molecule has 1 aromatic rings. The summed E-state index contributed by atoms with van der Waals surface area (Å²) in [6.07, 6.45) is 0.823. The van der Waals surface area contributed by atoms with Gasteiger partial charge in [0.05, 0.1) is 17.8 Å². The number of hydrogen-bond donors (Lipinski definition) is 1. The van der Waals surface area contributed by atoms with E-state index in [1.54, 1.807) is 6.07 Å². The van der Waals surface area contributed by atoms with Crippen molar-refractivity contribution < 1.29 is 17.9 Å². The molecule has 25 heavy (non-hydrogen) atoms. The lowest BCUT2D eigenvalue weighted by Crippen LogP contribution is -2.43. The number of halogens is 3. The van der Waals surface area contributed by atoms with E-state index >= 15 is 0 Å². The first kappa shape index (κ1) is 18.7. The van der Waals surface area contributed by atoms with Gasteiger partial charge in [-0.05, 0) is 69.6 Å². The van der Waals surface area contributed by atoms with E-state index in [-0.39, 0.29) is 0 Å². The summed E-state index contributed by atoms with van der Waals surface area (Å²) in [5, 5.41) is 3.28. The minimum absolute atomic E-state index is 0.566. The van der Waals surface area contributed by atoms with Crippen LogP contribution in [0.25, 0.3) is 0 Å². The third-order valence-corrected chi connectivity index (χ3v) is 5.36. The number of piperidine rings is 2. The van der Waals surface area contributed by atoms with Gasteiger partial charge in [-0.25, -0.2) is 0 Å². The molecule has 140 valence electrons. The fourth-order valence-electron chi connectivity index (χ4n) is 3.88. The van der Waals surface area contributed by atoms with Crippen LogP contribution in [-0.4, -0.2) is 44.2 Å². The van der Waals surface area contributed by atoms with Gasteiger partial charge in [-0.3, -0.25) is 0 Å². The van der Waals surface area contributed by atoms with Gasteiger partial charge in [-0.2, -0.15) is 13.2 Å². The van der Waals surface area contributed by atoms with Gasteiger partial charge in [0.25, 0.3) is 0 Å². The van der Waals surface area contributed by atoms with Crippen molar-refractivity contribution in [1.82, 2.24) is 10.2 Å². The zero-order valence-corrected chi connectivity index (χ0v) is 14.6. The van der Waals surface area contributed by atoms with E-state index in [1.165, 1.54) is 31.4 Å². The largest absolute Gasteiger partial charge is 0.416 e. The van der Waals surface area contributed by atoms with Crippen molar-refractivity contribution in [2.75, 3.05) is 39.3 Å². The standard InChI is InChI=1S/C19H27F3N2O/c20-19(21,22)17-6-4-5-16(15-17)18(7-9-23-10-8-18)25-14-13-24-11-2-1-3-12-24/h4-6,15,23H,1-3,7-14H2. The molecule has 6 heteroatoms. The Morgan fingerprint density at radius 3 is 2.48 bits per heavy atom. The van der Waals surface area contributed by atoms with E-state index in [0.29, 0.717) is 25.0 Å². The van der Waals surface area contributed by atoms with Crippen molar-refractivity contribution in [3.63, 3.8) is 0 Å². The summed E-state index contributed by atoms with van der Waals surface area (Å²) < 4.78 is 45.6. The molecule has 1 aromatic carbocycles. The van der Waals surface area contributed by atoms with Gasteiger partial charge in [0.15, 0.2) is 0 Å². The van der Waals surface area contributed by atoms with Crippen LogP contribution in [0, 0.1) is 0 Å². The Balaban J connectivity index is 1.72. The number of nitrogens with one attached hydrogen (secondary N) is 1. The zero-order chi connectivity index (χ0) is 17.8. The SMILES string of the molecule is FC(F)(F)c1cccc(C2(OCCN3CCCCC3)CCNCC2)c1. The average Bonchev–Trinajstić information content (AvgIpc) is 2.63. The van der Waals surface area contributed by atoms with E-state index < -0.39 is 17.3 Å². The Bertz CT molecular complexity index is 550. The summed E-state index contributed by atoms with van der Waals surface area (Å²) in [6.45, 7) is 5.15. The highest BCUT2D eigenvalue weighted by atomic mass is 19.4. The van der Waals surface area contributed by atoms with Crippen LogP contribution in [-0.2, 0) is 16.5 Å². The van der Waals surface area contributed by atoms with Gasteiger partial charge in [0.2, 0.25) is 0 Å². The minimum atomic E-state index is -4.32. The molecule has 0 aliphatic carbocycles. The molecule has 0 unspecified atom stereocenters. The molecule has 3 rings (SSSR count). The number of nitrogens with zero attached hydrogens (tertiary/aromatic N) is 1. The Hall–Kier alpha value is -1.11. The topological polar surface area (TPSA) is 24.5 Å². The molecule has 2 fully saturated rings. The molecule has 0 saturated carbocycles. The minimum Gasteiger partial charge on any atom is -0.369 e. The predicted molar refractivity (Wildman–Crippen MR) is 91.5 cm³/mol. The quantitative estimate of drug-likeness (QED) is 0.869. The monoisotopic (exact) mass is 356 g/mol. The smallest absolute Gasteiger partial charge is 0.369 e. The third-order valence-electron chi connectivity index (χ3n) is 5.36. The van der Waals surface area contributed by atoms with E-state index in [1.807, 2.05) is 0 Å². The van der Waals surface area contributed by atoms with Crippen molar-refractivity contribution in [2.24, 2.45) is 0 Å². The average molecular weight is 356 g/mol. The van der Waals surface area contributed by atoms with Crippen LogP contribution in [0.1, 0.15) is 43.2 Å². The lowest BCUT2D eigenvalue weighted by Gasteiger charge is -2.39. The summed E-state index contributed by atoms with van der Waals surface area (Å²) in [6, 6.07) is 5.68. The van der Waals surface area contributed by atoms with Gasteiger partial charge in [-0.1, -0.05) is 18.6 Å². The second-order valence-electron chi connectivity index (χ2n) is 7.07. The number of hydrogen-bond acceptors (Lipinski definition) is 3. The first-order chi connectivity index (χ1) is 12.0. The Labute approximate surface area is 147 Å².